The van der Waals surface area contributed by atoms with E-state index >= 15 is 0 Å². The standard InChI is InChI=1S/C22H25N3O2S/c1-3-15-7-4-5-9-18(15)23-21(26)16-8-6-12-25(14-16)22-24-19-11-10-17(27-2)13-20(19)28-22/h4-5,7,9-11,13,16H,3,6,8,12,14H2,1-2H3,(H,23,26). The van der Waals surface area contributed by atoms with Crippen LogP contribution in [0, 0.1) is 5.92 Å². The maximum absolute atomic E-state index is 12.9. The van der Waals surface area contributed by atoms with Gasteiger partial charge in [0.05, 0.1) is 23.2 Å². The van der Waals surface area contributed by atoms with Gasteiger partial charge in [0.25, 0.3) is 0 Å². The third kappa shape index (κ3) is 3.83. The molecule has 146 valence electrons. The van der Waals surface area contributed by atoms with Crippen LogP contribution in [0.3, 0.4) is 0 Å². The second kappa shape index (κ2) is 8.19. The summed E-state index contributed by atoms with van der Waals surface area (Å²) < 4.78 is 6.42. The Morgan fingerprint density at radius 3 is 3.00 bits per heavy atom. The number of amides is 1. The van der Waals surface area contributed by atoms with Crippen LogP contribution in [0.1, 0.15) is 25.3 Å². The molecule has 1 aromatic heterocycles. The van der Waals surface area contributed by atoms with Crippen molar-refractivity contribution < 1.29 is 9.53 Å². The molecule has 1 aliphatic rings. The van der Waals surface area contributed by atoms with Crippen molar-refractivity contribution in [1.29, 1.82) is 0 Å². The molecule has 1 atom stereocenters. The second-order valence-corrected chi connectivity index (χ2v) is 8.12. The number of nitrogens with zero attached hydrogens (tertiary/aromatic N) is 2. The number of para-hydroxylation sites is 1. The number of methoxy groups -OCH3 is 1. The lowest BCUT2D eigenvalue weighted by molar-refractivity contribution is -0.120. The molecule has 1 aliphatic heterocycles. The van der Waals surface area contributed by atoms with Gasteiger partial charge in [-0.3, -0.25) is 4.79 Å². The predicted molar refractivity (Wildman–Crippen MR) is 116 cm³/mol. The molecule has 1 amide bonds. The third-order valence-corrected chi connectivity index (χ3v) is 6.38. The van der Waals surface area contributed by atoms with Gasteiger partial charge >= 0.3 is 0 Å². The van der Waals surface area contributed by atoms with Gasteiger partial charge in [0.2, 0.25) is 5.91 Å². The molecule has 2 aromatic carbocycles. The minimum absolute atomic E-state index is 0.0276. The average Bonchev–Trinajstić information content (AvgIpc) is 3.17. The van der Waals surface area contributed by atoms with Crippen molar-refractivity contribution in [2.75, 3.05) is 30.4 Å². The molecule has 0 saturated carbocycles. The van der Waals surface area contributed by atoms with Gasteiger partial charge in [-0.1, -0.05) is 36.5 Å². The zero-order valence-corrected chi connectivity index (χ0v) is 17.1. The Morgan fingerprint density at radius 1 is 1.32 bits per heavy atom. The quantitative estimate of drug-likeness (QED) is 0.679. The molecule has 1 saturated heterocycles. The van der Waals surface area contributed by atoms with Gasteiger partial charge in [-0.05, 0) is 49.1 Å². The van der Waals surface area contributed by atoms with Crippen molar-refractivity contribution in [2.24, 2.45) is 5.92 Å². The van der Waals surface area contributed by atoms with E-state index in [1.165, 1.54) is 5.56 Å². The van der Waals surface area contributed by atoms with E-state index in [2.05, 4.69) is 23.2 Å². The Bertz CT molecular complexity index is 985. The van der Waals surface area contributed by atoms with E-state index in [4.69, 9.17) is 9.72 Å². The molecule has 5 nitrogen and oxygen atoms in total. The fourth-order valence-corrected chi connectivity index (χ4v) is 4.73. The number of benzene rings is 2. The zero-order valence-electron chi connectivity index (χ0n) is 16.3. The van der Waals surface area contributed by atoms with Gasteiger partial charge in [0.1, 0.15) is 5.75 Å². The summed E-state index contributed by atoms with van der Waals surface area (Å²) >= 11 is 1.66. The highest BCUT2D eigenvalue weighted by molar-refractivity contribution is 7.22. The van der Waals surface area contributed by atoms with Gasteiger partial charge in [-0.15, -0.1) is 0 Å². The largest absolute Gasteiger partial charge is 0.497 e. The van der Waals surface area contributed by atoms with Crippen LogP contribution >= 0.6 is 11.3 Å². The number of piperidine rings is 1. The van der Waals surface area contributed by atoms with E-state index in [0.29, 0.717) is 6.54 Å². The monoisotopic (exact) mass is 395 g/mol. The van der Waals surface area contributed by atoms with Crippen molar-refractivity contribution in [3.63, 3.8) is 0 Å². The van der Waals surface area contributed by atoms with E-state index in [-0.39, 0.29) is 11.8 Å². The molecule has 2 heterocycles. The lowest BCUT2D eigenvalue weighted by Gasteiger charge is -2.31. The summed E-state index contributed by atoms with van der Waals surface area (Å²) in [5, 5.41) is 4.13. The number of carbonyl (C=O) groups is 1. The molecule has 6 heteroatoms. The number of hydrogen-bond donors (Lipinski definition) is 1. The number of hydrogen-bond acceptors (Lipinski definition) is 5. The number of rotatable bonds is 5. The topological polar surface area (TPSA) is 54.5 Å². The molecule has 3 aromatic rings. The molecule has 0 aliphatic carbocycles. The first-order valence-corrected chi connectivity index (χ1v) is 10.6. The first-order valence-electron chi connectivity index (χ1n) is 9.76. The van der Waals surface area contributed by atoms with Crippen LogP contribution in [0.15, 0.2) is 42.5 Å². The summed E-state index contributed by atoms with van der Waals surface area (Å²) in [7, 11) is 1.67. The molecular formula is C22H25N3O2S. The van der Waals surface area contributed by atoms with Gasteiger partial charge in [-0.2, -0.15) is 0 Å². The van der Waals surface area contributed by atoms with E-state index in [0.717, 1.165) is 52.6 Å². The van der Waals surface area contributed by atoms with Crippen molar-refractivity contribution in [3.8, 4) is 5.75 Å². The van der Waals surface area contributed by atoms with Crippen LogP contribution in [0.5, 0.6) is 5.75 Å². The number of aromatic nitrogens is 1. The molecule has 0 spiro atoms. The van der Waals surface area contributed by atoms with Gasteiger partial charge in [-0.25, -0.2) is 4.98 Å². The Morgan fingerprint density at radius 2 is 2.18 bits per heavy atom. The molecule has 1 unspecified atom stereocenters. The van der Waals surface area contributed by atoms with Crippen molar-refractivity contribution in [1.82, 2.24) is 4.98 Å². The fraction of sp³-hybridized carbons (Fsp3) is 0.364. The number of ether oxygens (including phenoxy) is 1. The fourth-order valence-electron chi connectivity index (χ4n) is 3.71. The summed E-state index contributed by atoms with van der Waals surface area (Å²) in [5.74, 6) is 0.918. The summed E-state index contributed by atoms with van der Waals surface area (Å²) in [5.41, 5.74) is 3.08. The SMILES string of the molecule is CCc1ccccc1NC(=O)C1CCCN(c2nc3ccc(OC)cc3s2)C1. The van der Waals surface area contributed by atoms with Crippen LogP contribution < -0.4 is 15.0 Å². The number of aryl methyl sites for hydroxylation is 1. The highest BCUT2D eigenvalue weighted by Crippen LogP contribution is 2.33. The number of thiazole rings is 1. The van der Waals surface area contributed by atoms with Gasteiger partial charge in [0, 0.05) is 18.8 Å². The first-order chi connectivity index (χ1) is 13.7. The first kappa shape index (κ1) is 18.7. The summed E-state index contributed by atoms with van der Waals surface area (Å²) in [4.78, 5) is 19.9. The minimum atomic E-state index is -0.0276. The van der Waals surface area contributed by atoms with E-state index in [1.807, 2.05) is 36.4 Å². The molecule has 4 rings (SSSR count). The molecule has 1 N–H and O–H groups in total. The normalized spacial score (nSPS) is 16.9. The Labute approximate surface area is 169 Å². The maximum atomic E-state index is 12.9. The van der Waals surface area contributed by atoms with Crippen LogP contribution in [0.2, 0.25) is 0 Å². The Kier molecular flexibility index (Phi) is 5.48. The van der Waals surface area contributed by atoms with Crippen molar-refractivity contribution >= 4 is 38.3 Å². The molecule has 0 radical (unpaired) electrons. The number of nitrogens with one attached hydrogen (secondary N) is 1. The van der Waals surface area contributed by atoms with E-state index < -0.39 is 0 Å². The highest BCUT2D eigenvalue weighted by Gasteiger charge is 2.27. The van der Waals surface area contributed by atoms with E-state index in [9.17, 15) is 4.79 Å². The van der Waals surface area contributed by atoms with Crippen LogP contribution in [-0.2, 0) is 11.2 Å². The molecule has 0 bridgehead atoms. The minimum Gasteiger partial charge on any atom is -0.497 e. The molecule has 1 fully saturated rings. The van der Waals surface area contributed by atoms with Crippen molar-refractivity contribution in [2.45, 2.75) is 26.2 Å². The maximum Gasteiger partial charge on any atom is 0.229 e. The Balaban J connectivity index is 1.49. The Hall–Kier alpha value is -2.60. The lowest BCUT2D eigenvalue weighted by atomic mass is 9.97. The molecular weight excluding hydrogens is 370 g/mol. The smallest absolute Gasteiger partial charge is 0.229 e. The lowest BCUT2D eigenvalue weighted by Crippen LogP contribution is -2.40. The summed E-state index contributed by atoms with van der Waals surface area (Å²) in [6, 6.07) is 14.0. The van der Waals surface area contributed by atoms with Gasteiger partial charge < -0.3 is 15.0 Å². The van der Waals surface area contributed by atoms with Crippen LogP contribution in [0.4, 0.5) is 10.8 Å². The number of anilines is 2. The van der Waals surface area contributed by atoms with Gasteiger partial charge in [0.15, 0.2) is 5.13 Å². The highest BCUT2D eigenvalue weighted by atomic mass is 32.1. The number of carbonyl (C=O) groups excluding carboxylic acids is 1. The summed E-state index contributed by atoms with van der Waals surface area (Å²) in [6.45, 7) is 3.75. The third-order valence-electron chi connectivity index (χ3n) is 5.30. The number of fused-ring (bicyclic) bond motifs is 1. The zero-order chi connectivity index (χ0) is 19.5. The van der Waals surface area contributed by atoms with E-state index in [1.54, 1.807) is 18.4 Å². The second-order valence-electron chi connectivity index (χ2n) is 7.12. The van der Waals surface area contributed by atoms with Crippen molar-refractivity contribution in [3.05, 3.63) is 48.0 Å². The average molecular weight is 396 g/mol. The molecule has 28 heavy (non-hydrogen) atoms. The summed E-state index contributed by atoms with van der Waals surface area (Å²) in [6.07, 6.45) is 2.81. The van der Waals surface area contributed by atoms with Crippen LogP contribution in [-0.4, -0.2) is 31.1 Å². The van der Waals surface area contributed by atoms with Crippen LogP contribution in [0.25, 0.3) is 10.2 Å². The predicted octanol–water partition coefficient (Wildman–Crippen LogP) is 4.72.